The van der Waals surface area contributed by atoms with E-state index in [2.05, 4.69) is 5.32 Å². The van der Waals surface area contributed by atoms with Crippen LogP contribution in [0.4, 0.5) is 13.2 Å². The monoisotopic (exact) mass is 385 g/mol. The molecule has 0 amide bonds. The summed E-state index contributed by atoms with van der Waals surface area (Å²) in [7, 11) is 0. The van der Waals surface area contributed by atoms with Crippen LogP contribution in [0.5, 0.6) is 0 Å². The van der Waals surface area contributed by atoms with E-state index in [0.29, 0.717) is 0 Å². The highest BCUT2D eigenvalue weighted by Gasteiger charge is 2.32. The third kappa shape index (κ3) is 4.12. The number of Topliss-reactive ketones (excluding diaryl/α,β-unsaturated/α-hetero) is 1. The summed E-state index contributed by atoms with van der Waals surface area (Å²) in [4.78, 5) is 23.3. The summed E-state index contributed by atoms with van der Waals surface area (Å²) >= 11 is 0. The number of rotatable bonds is 6. The maximum atomic E-state index is 13.0. The van der Waals surface area contributed by atoms with Crippen LogP contribution < -0.4 is 5.32 Å². The molecule has 0 saturated carbocycles. The molecule has 144 valence electrons. The van der Waals surface area contributed by atoms with Gasteiger partial charge in [0.1, 0.15) is 0 Å². The molecule has 0 aliphatic rings. The summed E-state index contributed by atoms with van der Waals surface area (Å²) in [6.45, 7) is 1.81. The number of aldehydes is 1. The summed E-state index contributed by atoms with van der Waals surface area (Å²) in [6.07, 6.45) is -4.40. The standard InChI is InChI=1S/C22H18F3NO2/c1-14(18-11-5-7-15-6-2-3-10-19(15)18)26-21(20(28)13-27)16-8-4-9-17(12-16)22(23,24)25/h2-14,21,26H,1H3. The van der Waals surface area contributed by atoms with E-state index in [1.807, 2.05) is 42.5 Å². The van der Waals surface area contributed by atoms with E-state index in [1.165, 1.54) is 12.1 Å². The molecule has 0 spiro atoms. The first-order valence-electron chi connectivity index (χ1n) is 8.71. The van der Waals surface area contributed by atoms with Crippen molar-refractivity contribution in [3.8, 4) is 0 Å². The van der Waals surface area contributed by atoms with Gasteiger partial charge in [-0.05, 0) is 41.0 Å². The Morgan fingerprint density at radius 3 is 2.39 bits per heavy atom. The molecule has 0 aliphatic carbocycles. The van der Waals surface area contributed by atoms with Crippen molar-refractivity contribution < 1.29 is 22.8 Å². The molecule has 0 aliphatic heterocycles. The van der Waals surface area contributed by atoms with Crippen molar-refractivity contribution in [3.05, 3.63) is 83.4 Å². The highest BCUT2D eigenvalue weighted by atomic mass is 19.4. The van der Waals surface area contributed by atoms with Gasteiger partial charge >= 0.3 is 6.18 Å². The van der Waals surface area contributed by atoms with Crippen LogP contribution in [-0.2, 0) is 15.8 Å². The number of fused-ring (bicyclic) bond motifs is 1. The van der Waals surface area contributed by atoms with Crippen molar-refractivity contribution in [2.45, 2.75) is 25.2 Å². The molecule has 1 N–H and O–H groups in total. The number of hydrogen-bond donors (Lipinski definition) is 1. The van der Waals surface area contributed by atoms with E-state index < -0.39 is 23.6 Å². The number of benzene rings is 3. The number of nitrogens with one attached hydrogen (secondary N) is 1. The summed E-state index contributed by atoms with van der Waals surface area (Å²) in [6, 6.07) is 16.3. The van der Waals surface area contributed by atoms with E-state index in [1.54, 1.807) is 6.92 Å². The van der Waals surface area contributed by atoms with Crippen LogP contribution in [-0.4, -0.2) is 12.1 Å². The number of alkyl halides is 3. The maximum absolute atomic E-state index is 13.0. The zero-order valence-corrected chi connectivity index (χ0v) is 15.0. The molecule has 0 radical (unpaired) electrons. The van der Waals surface area contributed by atoms with Gasteiger partial charge in [-0.1, -0.05) is 54.6 Å². The third-order valence-corrected chi connectivity index (χ3v) is 4.65. The smallest absolute Gasteiger partial charge is 0.297 e. The first-order chi connectivity index (χ1) is 13.3. The number of carbonyl (C=O) groups excluding carboxylic acids is 2. The van der Waals surface area contributed by atoms with Gasteiger partial charge in [0.25, 0.3) is 0 Å². The fraction of sp³-hybridized carbons (Fsp3) is 0.182. The van der Waals surface area contributed by atoms with Gasteiger partial charge in [0.15, 0.2) is 6.29 Å². The van der Waals surface area contributed by atoms with Gasteiger partial charge in [0.05, 0.1) is 11.6 Å². The first kappa shape index (κ1) is 19.8. The summed E-state index contributed by atoms with van der Waals surface area (Å²) in [5, 5.41) is 4.99. The SMILES string of the molecule is CC(NC(C(=O)C=O)c1cccc(C(F)(F)F)c1)c1cccc2ccccc12. The minimum atomic E-state index is -4.54. The Morgan fingerprint density at radius 1 is 1.00 bits per heavy atom. The zero-order chi connectivity index (χ0) is 20.3. The van der Waals surface area contributed by atoms with Crippen molar-refractivity contribution in [2.75, 3.05) is 0 Å². The fourth-order valence-corrected chi connectivity index (χ4v) is 3.27. The minimum Gasteiger partial charge on any atom is -0.297 e. The second-order valence-corrected chi connectivity index (χ2v) is 6.53. The lowest BCUT2D eigenvalue weighted by molar-refractivity contribution is -0.137. The summed E-state index contributed by atoms with van der Waals surface area (Å²) in [5.41, 5.74) is 0.112. The van der Waals surface area contributed by atoms with Crippen LogP contribution in [0.15, 0.2) is 66.7 Å². The van der Waals surface area contributed by atoms with Gasteiger partial charge in [-0.15, -0.1) is 0 Å². The van der Waals surface area contributed by atoms with Crippen molar-refractivity contribution in [3.63, 3.8) is 0 Å². The lowest BCUT2D eigenvalue weighted by Crippen LogP contribution is -2.32. The lowest BCUT2D eigenvalue weighted by atomic mass is 9.96. The van der Waals surface area contributed by atoms with E-state index in [9.17, 15) is 22.8 Å². The van der Waals surface area contributed by atoms with Crippen LogP contribution in [0.3, 0.4) is 0 Å². The molecule has 6 heteroatoms. The zero-order valence-electron chi connectivity index (χ0n) is 15.0. The van der Waals surface area contributed by atoms with E-state index in [-0.39, 0.29) is 17.9 Å². The molecule has 28 heavy (non-hydrogen) atoms. The Kier molecular flexibility index (Phi) is 5.61. The fourth-order valence-electron chi connectivity index (χ4n) is 3.27. The molecule has 0 heterocycles. The predicted molar refractivity (Wildman–Crippen MR) is 101 cm³/mol. The molecule has 3 aromatic rings. The molecule has 2 atom stereocenters. The quantitative estimate of drug-likeness (QED) is 0.479. The number of halogens is 3. The molecule has 3 nitrogen and oxygen atoms in total. The Morgan fingerprint density at radius 2 is 1.68 bits per heavy atom. The predicted octanol–water partition coefficient (Wildman–Crippen LogP) is 5.02. The van der Waals surface area contributed by atoms with Gasteiger partial charge in [-0.2, -0.15) is 13.2 Å². The Balaban J connectivity index is 1.97. The van der Waals surface area contributed by atoms with Gasteiger partial charge < -0.3 is 0 Å². The minimum absolute atomic E-state index is 0.0963. The highest BCUT2D eigenvalue weighted by molar-refractivity contribution is 6.27. The highest BCUT2D eigenvalue weighted by Crippen LogP contribution is 2.32. The number of hydrogen-bond acceptors (Lipinski definition) is 3. The normalized spacial score (nSPS) is 13.9. The van der Waals surface area contributed by atoms with E-state index >= 15 is 0 Å². The lowest BCUT2D eigenvalue weighted by Gasteiger charge is -2.23. The molecule has 2 unspecified atom stereocenters. The van der Waals surface area contributed by atoms with E-state index in [4.69, 9.17) is 0 Å². The van der Waals surface area contributed by atoms with Crippen LogP contribution in [0, 0.1) is 0 Å². The molecule has 3 rings (SSSR count). The molecule has 0 fully saturated rings. The van der Waals surface area contributed by atoms with Crippen LogP contribution >= 0.6 is 0 Å². The average Bonchev–Trinajstić information content (AvgIpc) is 2.70. The third-order valence-electron chi connectivity index (χ3n) is 4.65. The van der Waals surface area contributed by atoms with Crippen LogP contribution in [0.2, 0.25) is 0 Å². The van der Waals surface area contributed by atoms with Gasteiger partial charge in [-0.25, -0.2) is 0 Å². The Bertz CT molecular complexity index is 1010. The molecule has 0 aromatic heterocycles. The number of ketones is 1. The first-order valence-corrected chi connectivity index (χ1v) is 8.71. The van der Waals surface area contributed by atoms with E-state index in [0.717, 1.165) is 28.5 Å². The van der Waals surface area contributed by atoms with Crippen LogP contribution in [0.25, 0.3) is 10.8 Å². The Hall–Kier alpha value is -2.99. The molecule has 3 aromatic carbocycles. The second-order valence-electron chi connectivity index (χ2n) is 6.53. The van der Waals surface area contributed by atoms with Crippen molar-refractivity contribution in [1.29, 1.82) is 0 Å². The molecule has 0 saturated heterocycles. The number of carbonyl (C=O) groups is 2. The topological polar surface area (TPSA) is 46.2 Å². The summed E-state index contributed by atoms with van der Waals surface area (Å²) < 4.78 is 39.1. The van der Waals surface area contributed by atoms with Crippen LogP contribution in [0.1, 0.15) is 35.7 Å². The molecular formula is C22H18F3NO2. The largest absolute Gasteiger partial charge is 0.416 e. The average molecular weight is 385 g/mol. The Labute approximate surface area is 160 Å². The second kappa shape index (κ2) is 7.94. The van der Waals surface area contributed by atoms with Crippen molar-refractivity contribution >= 4 is 22.8 Å². The van der Waals surface area contributed by atoms with Gasteiger partial charge in [0.2, 0.25) is 5.78 Å². The molecular weight excluding hydrogens is 367 g/mol. The van der Waals surface area contributed by atoms with Crippen molar-refractivity contribution in [2.24, 2.45) is 0 Å². The summed E-state index contributed by atoms with van der Waals surface area (Å²) in [5.74, 6) is -0.827. The maximum Gasteiger partial charge on any atom is 0.416 e. The van der Waals surface area contributed by atoms with Gasteiger partial charge in [0, 0.05) is 6.04 Å². The van der Waals surface area contributed by atoms with Gasteiger partial charge in [-0.3, -0.25) is 14.9 Å². The van der Waals surface area contributed by atoms with Crippen molar-refractivity contribution in [1.82, 2.24) is 5.32 Å². The molecule has 0 bridgehead atoms.